The third kappa shape index (κ3) is 2.61. The largest absolute Gasteiger partial charge is 0.465 e. The van der Waals surface area contributed by atoms with E-state index in [0.29, 0.717) is 0 Å². The van der Waals surface area contributed by atoms with E-state index in [9.17, 15) is 14.4 Å². The number of nitrogens with zero attached hydrogens (tertiary/aromatic N) is 1. The number of amides is 2. The predicted octanol–water partition coefficient (Wildman–Crippen LogP) is 4.75. The number of fused-ring (bicyclic) bond motifs is 2. The van der Waals surface area contributed by atoms with E-state index in [1.165, 1.54) is 0 Å². The van der Waals surface area contributed by atoms with Gasteiger partial charge in [-0.2, -0.15) is 0 Å². The van der Waals surface area contributed by atoms with E-state index in [4.69, 9.17) is 4.74 Å². The van der Waals surface area contributed by atoms with E-state index in [1.807, 2.05) is 24.3 Å². The van der Waals surface area contributed by atoms with Gasteiger partial charge in [0, 0.05) is 11.8 Å². The molecule has 4 atom stereocenters. The Bertz CT molecular complexity index is 1480. The summed E-state index contributed by atoms with van der Waals surface area (Å²) in [5.74, 6) is -2.60. The topological polar surface area (TPSA) is 63.7 Å². The van der Waals surface area contributed by atoms with Crippen molar-refractivity contribution >= 4 is 39.3 Å². The molecule has 8 rings (SSSR count). The van der Waals surface area contributed by atoms with Crippen molar-refractivity contribution in [2.45, 2.75) is 18.8 Å². The molecule has 1 saturated heterocycles. The summed E-state index contributed by atoms with van der Waals surface area (Å²) < 4.78 is 5.08. The molecule has 0 unspecified atom stereocenters. The van der Waals surface area contributed by atoms with Crippen LogP contribution in [0.4, 0.5) is 0 Å². The zero-order chi connectivity index (χ0) is 23.8. The lowest BCUT2D eigenvalue weighted by molar-refractivity contribution is -0.152. The van der Waals surface area contributed by atoms with Gasteiger partial charge >= 0.3 is 5.97 Å². The minimum Gasteiger partial charge on any atom is -0.465 e. The molecule has 2 bridgehead atoms. The fourth-order valence-electron chi connectivity index (χ4n) is 6.89. The van der Waals surface area contributed by atoms with Gasteiger partial charge in [-0.15, -0.1) is 0 Å². The lowest BCUT2D eigenvalue weighted by atomic mass is 9.53. The number of imide groups is 1. The Balaban J connectivity index is 1.50. The van der Waals surface area contributed by atoms with Crippen molar-refractivity contribution in [3.05, 3.63) is 95.1 Å². The maximum Gasteiger partial charge on any atom is 0.326 e. The molecule has 1 fully saturated rings. The van der Waals surface area contributed by atoms with Crippen LogP contribution in [0.2, 0.25) is 0 Å². The molecule has 0 N–H and O–H groups in total. The number of likely N-dealkylation sites (tertiary alicyclic amines) is 1. The first-order valence-electron chi connectivity index (χ1n) is 12.1. The number of carbonyl (C=O) groups is 3. The molecule has 35 heavy (non-hydrogen) atoms. The molecule has 4 aliphatic rings. The second-order valence-corrected chi connectivity index (χ2v) is 9.65. The predicted molar refractivity (Wildman–Crippen MR) is 132 cm³/mol. The van der Waals surface area contributed by atoms with Crippen molar-refractivity contribution in [2.75, 3.05) is 13.2 Å². The Hall–Kier alpha value is -3.99. The number of hydrogen-bond donors (Lipinski definition) is 0. The SMILES string of the molecule is CCOC(=O)CN1C(=O)[C@@H]2[C@H]3c4ccc5ccccc5c4[C@H](c4ccc5ccccc5c43)[C@@H]2C1=O. The first-order chi connectivity index (χ1) is 17.1. The van der Waals surface area contributed by atoms with Gasteiger partial charge in [-0.25, -0.2) is 0 Å². The Morgan fingerprint density at radius 1 is 0.743 bits per heavy atom. The average molecular weight is 462 g/mol. The zero-order valence-electron chi connectivity index (χ0n) is 19.2. The van der Waals surface area contributed by atoms with Crippen LogP contribution in [0.3, 0.4) is 0 Å². The van der Waals surface area contributed by atoms with Crippen LogP contribution >= 0.6 is 0 Å². The van der Waals surface area contributed by atoms with Crippen LogP contribution < -0.4 is 0 Å². The second-order valence-electron chi connectivity index (χ2n) is 9.65. The maximum atomic E-state index is 13.8. The number of carbonyl (C=O) groups excluding carboxylic acids is 3. The van der Waals surface area contributed by atoms with Crippen LogP contribution in [-0.2, 0) is 19.1 Å². The number of esters is 1. The molecule has 0 aromatic heterocycles. The van der Waals surface area contributed by atoms with Gasteiger partial charge < -0.3 is 4.74 Å². The van der Waals surface area contributed by atoms with Gasteiger partial charge in [0.05, 0.1) is 18.4 Å². The molecule has 0 spiro atoms. The van der Waals surface area contributed by atoms with E-state index >= 15 is 0 Å². The third-order valence-corrected chi connectivity index (χ3v) is 8.10. The monoisotopic (exact) mass is 461 g/mol. The third-order valence-electron chi connectivity index (χ3n) is 8.10. The Labute approximate surface area is 202 Å². The van der Waals surface area contributed by atoms with Crippen LogP contribution in [-0.4, -0.2) is 35.8 Å². The molecule has 4 aromatic carbocycles. The molecular formula is C30H23NO4. The van der Waals surface area contributed by atoms with Crippen molar-refractivity contribution in [3.8, 4) is 0 Å². The van der Waals surface area contributed by atoms with Crippen LogP contribution in [0.25, 0.3) is 21.5 Å². The van der Waals surface area contributed by atoms with Gasteiger partial charge in [0.2, 0.25) is 11.8 Å². The van der Waals surface area contributed by atoms with E-state index in [2.05, 4.69) is 48.5 Å². The number of hydrogen-bond acceptors (Lipinski definition) is 4. The van der Waals surface area contributed by atoms with Gasteiger partial charge in [0.15, 0.2) is 0 Å². The molecule has 1 aliphatic heterocycles. The fourth-order valence-corrected chi connectivity index (χ4v) is 6.89. The summed E-state index contributed by atoms with van der Waals surface area (Å²) in [5.41, 5.74) is 4.54. The summed E-state index contributed by atoms with van der Waals surface area (Å²) in [6.07, 6.45) is 0. The summed E-state index contributed by atoms with van der Waals surface area (Å²) in [5, 5.41) is 4.50. The normalized spacial score (nSPS) is 24.0. The second kappa shape index (κ2) is 7.25. The highest BCUT2D eigenvalue weighted by atomic mass is 16.5. The van der Waals surface area contributed by atoms with Gasteiger partial charge in [-0.05, 0) is 50.7 Å². The Morgan fingerprint density at radius 3 is 1.71 bits per heavy atom. The highest BCUT2D eigenvalue weighted by molar-refractivity contribution is 6.10. The Morgan fingerprint density at radius 2 is 1.23 bits per heavy atom. The van der Waals surface area contributed by atoms with Gasteiger partial charge in [-0.3, -0.25) is 19.3 Å². The van der Waals surface area contributed by atoms with Crippen molar-refractivity contribution in [1.29, 1.82) is 0 Å². The standard InChI is InChI=1S/C30H23NO4/c1-2-35-22(32)15-31-29(33)27-25-21-14-12-17-8-4-6-10-19(17)24(21)26(28(27)30(31)34)20-13-11-16-7-3-5-9-18(16)23(20)25/h3-14,25-28H,2,15H2,1H3/t25-,26-,27-,28+/m0/s1. The van der Waals surface area contributed by atoms with E-state index in [0.717, 1.165) is 48.7 Å². The zero-order valence-corrected chi connectivity index (χ0v) is 19.2. The number of rotatable bonds is 3. The van der Waals surface area contributed by atoms with Crippen LogP contribution in [0.5, 0.6) is 0 Å². The van der Waals surface area contributed by atoms with Crippen molar-refractivity contribution < 1.29 is 19.1 Å². The molecular weight excluding hydrogens is 438 g/mol. The molecule has 1 heterocycles. The molecule has 3 aliphatic carbocycles. The van der Waals surface area contributed by atoms with Crippen LogP contribution in [0.1, 0.15) is 41.0 Å². The summed E-state index contributed by atoms with van der Waals surface area (Å²) >= 11 is 0. The first-order valence-corrected chi connectivity index (χ1v) is 12.1. The number of ether oxygens (including phenoxy) is 1. The van der Waals surface area contributed by atoms with E-state index < -0.39 is 17.8 Å². The fraction of sp³-hybridized carbons (Fsp3) is 0.233. The minimum atomic E-state index is -0.550. The lowest BCUT2D eigenvalue weighted by Crippen LogP contribution is -2.41. The molecule has 5 heteroatoms. The van der Waals surface area contributed by atoms with Crippen molar-refractivity contribution in [3.63, 3.8) is 0 Å². The lowest BCUT2D eigenvalue weighted by Gasteiger charge is -2.47. The Kier molecular flexibility index (Phi) is 4.23. The highest BCUT2D eigenvalue weighted by Crippen LogP contribution is 2.63. The van der Waals surface area contributed by atoms with E-state index in [-0.39, 0.29) is 36.8 Å². The molecule has 5 nitrogen and oxygen atoms in total. The summed E-state index contributed by atoms with van der Waals surface area (Å²) in [4.78, 5) is 41.0. The van der Waals surface area contributed by atoms with Gasteiger partial charge in [-0.1, -0.05) is 72.8 Å². The van der Waals surface area contributed by atoms with Crippen LogP contribution in [0, 0.1) is 11.8 Å². The number of benzene rings is 4. The summed E-state index contributed by atoms with van der Waals surface area (Å²) in [6, 6.07) is 25.0. The quantitative estimate of drug-likeness (QED) is 0.326. The van der Waals surface area contributed by atoms with Crippen molar-refractivity contribution in [1.82, 2.24) is 4.90 Å². The molecule has 2 amide bonds. The smallest absolute Gasteiger partial charge is 0.326 e. The molecule has 172 valence electrons. The summed E-state index contributed by atoms with van der Waals surface area (Å²) in [6.45, 7) is 1.60. The maximum absolute atomic E-state index is 13.8. The van der Waals surface area contributed by atoms with E-state index in [1.54, 1.807) is 6.92 Å². The molecule has 0 radical (unpaired) electrons. The van der Waals surface area contributed by atoms with Gasteiger partial charge in [0.25, 0.3) is 0 Å². The van der Waals surface area contributed by atoms with Gasteiger partial charge in [0.1, 0.15) is 6.54 Å². The highest BCUT2D eigenvalue weighted by Gasteiger charge is 2.62. The molecule has 4 aromatic rings. The average Bonchev–Trinajstić information content (AvgIpc) is 3.14. The first kappa shape index (κ1) is 20.4. The molecule has 0 saturated carbocycles. The summed E-state index contributed by atoms with van der Waals surface area (Å²) in [7, 11) is 0. The van der Waals surface area contributed by atoms with Crippen molar-refractivity contribution in [2.24, 2.45) is 11.8 Å². The minimum absolute atomic E-state index is 0.210. The van der Waals surface area contributed by atoms with Crippen LogP contribution in [0.15, 0.2) is 72.8 Å².